The summed E-state index contributed by atoms with van der Waals surface area (Å²) < 4.78 is 5.68. The number of hydrogen-bond donors (Lipinski definition) is 0. The molecule has 5 aliphatic rings. The summed E-state index contributed by atoms with van der Waals surface area (Å²) in [4.78, 5) is 24.7. The third-order valence-electron chi connectivity index (χ3n) is 8.82. The summed E-state index contributed by atoms with van der Waals surface area (Å²) >= 11 is 1.84. The van der Waals surface area contributed by atoms with Crippen molar-refractivity contribution in [1.29, 1.82) is 0 Å². The maximum absolute atomic E-state index is 13.5. The van der Waals surface area contributed by atoms with Crippen molar-refractivity contribution in [2.45, 2.75) is 70.8 Å². The van der Waals surface area contributed by atoms with Gasteiger partial charge in [0, 0.05) is 23.0 Å². The Kier molecular flexibility index (Phi) is 4.29. The number of hydrogen-bond acceptors (Lipinski definition) is 4. The van der Waals surface area contributed by atoms with E-state index in [1.165, 1.54) is 19.3 Å². The van der Waals surface area contributed by atoms with Crippen LogP contribution in [0.5, 0.6) is 0 Å². The lowest BCUT2D eigenvalue weighted by atomic mass is 9.37. The van der Waals surface area contributed by atoms with Gasteiger partial charge < -0.3 is 4.74 Å². The van der Waals surface area contributed by atoms with Crippen molar-refractivity contribution < 1.29 is 14.3 Å². The van der Waals surface area contributed by atoms with Gasteiger partial charge in [-0.2, -0.15) is 11.8 Å². The van der Waals surface area contributed by atoms with E-state index < -0.39 is 0 Å². The third kappa shape index (κ3) is 2.31. The molecule has 0 heterocycles. The Bertz CT molecular complexity index is 577. The second-order valence-electron chi connectivity index (χ2n) is 9.65. The van der Waals surface area contributed by atoms with Gasteiger partial charge in [-0.05, 0) is 81.8 Å². The van der Waals surface area contributed by atoms with Gasteiger partial charge in [0.15, 0.2) is 0 Å². The molecule has 0 amide bonds. The van der Waals surface area contributed by atoms with Crippen molar-refractivity contribution in [1.82, 2.24) is 0 Å². The van der Waals surface area contributed by atoms with Crippen molar-refractivity contribution >= 4 is 24.0 Å². The quantitative estimate of drug-likeness (QED) is 0.690. The first-order chi connectivity index (χ1) is 11.9. The lowest BCUT2D eigenvalue weighted by molar-refractivity contribution is -0.215. The predicted octanol–water partition coefficient (Wildman–Crippen LogP) is 4.48. The van der Waals surface area contributed by atoms with E-state index in [4.69, 9.17) is 4.74 Å². The fourth-order valence-corrected chi connectivity index (χ4v) is 8.58. The summed E-state index contributed by atoms with van der Waals surface area (Å²) in [5.74, 6) is 3.38. The zero-order valence-electron chi connectivity index (χ0n) is 15.9. The van der Waals surface area contributed by atoms with Crippen LogP contribution in [0.2, 0.25) is 0 Å². The van der Waals surface area contributed by atoms with Crippen LogP contribution in [-0.2, 0) is 14.3 Å². The van der Waals surface area contributed by atoms with Crippen molar-refractivity contribution in [2.75, 3.05) is 12.0 Å². The number of ketones is 1. The molecule has 5 fully saturated rings. The minimum Gasteiger partial charge on any atom is -0.461 e. The topological polar surface area (TPSA) is 43.4 Å². The van der Waals surface area contributed by atoms with Gasteiger partial charge >= 0.3 is 0 Å². The molecule has 140 valence electrons. The Morgan fingerprint density at radius 2 is 1.92 bits per heavy atom. The number of Topliss-reactive ketones (excluding diaryl/α,β-unsaturated/α-hetero) is 1. The summed E-state index contributed by atoms with van der Waals surface area (Å²) in [7, 11) is 0. The Balaban J connectivity index is 1.71. The number of ether oxygens (including phenoxy) is 1. The van der Waals surface area contributed by atoms with Crippen LogP contribution in [0.3, 0.4) is 0 Å². The molecule has 3 nitrogen and oxygen atoms in total. The molecule has 4 heteroatoms. The molecule has 0 aromatic rings. The summed E-state index contributed by atoms with van der Waals surface area (Å²) in [5.41, 5.74) is -0.262. The molecular weight excluding hydrogens is 332 g/mol. The minimum absolute atomic E-state index is 0.0696. The van der Waals surface area contributed by atoms with Crippen LogP contribution in [-0.4, -0.2) is 29.9 Å². The highest BCUT2D eigenvalue weighted by atomic mass is 32.2. The summed E-state index contributed by atoms with van der Waals surface area (Å²) in [6, 6.07) is 0. The maximum Gasteiger partial charge on any atom is 0.293 e. The van der Waals surface area contributed by atoms with Gasteiger partial charge in [0.25, 0.3) is 6.47 Å². The first-order valence-corrected chi connectivity index (χ1v) is 11.5. The van der Waals surface area contributed by atoms with Gasteiger partial charge in [-0.1, -0.05) is 6.92 Å². The molecule has 0 saturated heterocycles. The highest BCUT2D eigenvalue weighted by molar-refractivity contribution is 7.98. The fourth-order valence-electron chi connectivity index (χ4n) is 7.79. The molecule has 0 aliphatic heterocycles. The average Bonchev–Trinajstić information content (AvgIpc) is 2.58. The lowest BCUT2D eigenvalue weighted by Crippen LogP contribution is -2.66. The lowest BCUT2D eigenvalue weighted by Gasteiger charge is -2.67. The van der Waals surface area contributed by atoms with Gasteiger partial charge in [-0.3, -0.25) is 9.59 Å². The van der Waals surface area contributed by atoms with Crippen LogP contribution in [0.1, 0.15) is 65.2 Å². The number of rotatable bonds is 4. The fraction of sp³-hybridized carbons (Fsp3) is 0.905. The van der Waals surface area contributed by atoms with Crippen LogP contribution in [0.4, 0.5) is 0 Å². The zero-order valence-corrected chi connectivity index (χ0v) is 16.7. The summed E-state index contributed by atoms with van der Waals surface area (Å²) in [6.45, 7) is 5.22. The molecule has 25 heavy (non-hydrogen) atoms. The second-order valence-corrected chi connectivity index (χ2v) is 10.6. The maximum atomic E-state index is 13.5. The first-order valence-electron chi connectivity index (χ1n) is 10.1. The van der Waals surface area contributed by atoms with Crippen LogP contribution < -0.4 is 0 Å². The molecule has 0 aromatic carbocycles. The average molecular weight is 365 g/mol. The normalized spacial score (nSPS) is 51.6. The van der Waals surface area contributed by atoms with Crippen molar-refractivity contribution in [3.63, 3.8) is 0 Å². The molecule has 5 aliphatic carbocycles. The van der Waals surface area contributed by atoms with E-state index in [2.05, 4.69) is 20.1 Å². The smallest absolute Gasteiger partial charge is 0.293 e. The Labute approximate surface area is 156 Å². The van der Waals surface area contributed by atoms with E-state index in [-0.39, 0.29) is 16.4 Å². The molecule has 0 radical (unpaired) electrons. The number of fused-ring (bicyclic) bond motifs is 3. The first kappa shape index (κ1) is 17.9. The van der Waals surface area contributed by atoms with E-state index in [9.17, 15) is 9.59 Å². The van der Waals surface area contributed by atoms with Gasteiger partial charge in [0.2, 0.25) is 0 Å². The molecule has 0 aromatic heterocycles. The Hall–Kier alpha value is -0.510. The van der Waals surface area contributed by atoms with E-state index in [0.29, 0.717) is 35.9 Å². The van der Waals surface area contributed by atoms with Crippen molar-refractivity contribution in [2.24, 2.45) is 34.5 Å². The van der Waals surface area contributed by atoms with Crippen LogP contribution in [0.15, 0.2) is 0 Å². The second kappa shape index (κ2) is 6.00. The van der Waals surface area contributed by atoms with Gasteiger partial charge in [0.05, 0.1) is 0 Å². The minimum atomic E-state index is -0.339. The zero-order chi connectivity index (χ0) is 17.9. The standard InChI is InChI=1S/C21H32O3S/c1-19-7-4-8-20(2,24-13-22)16(19)6-10-21-9-5-14(11-17(19)21)15(12-25-3)18(21)23/h13-17H,4-12H2,1-3H3/t14-,15+,16-,17?,19+,20+,21-/m0/s1. The highest BCUT2D eigenvalue weighted by Gasteiger charge is 2.68. The van der Waals surface area contributed by atoms with Crippen LogP contribution >= 0.6 is 11.8 Å². The highest BCUT2D eigenvalue weighted by Crippen LogP contribution is 2.70. The molecule has 1 unspecified atom stereocenters. The number of carbonyl (C=O) groups excluding carboxylic acids is 2. The van der Waals surface area contributed by atoms with Crippen molar-refractivity contribution in [3.8, 4) is 0 Å². The SMILES string of the molecule is CSC[C@H]1C(=O)[C@]23CC[C@H]1CC2[C@]1(C)CCC[C@@](C)(OC=O)[C@H]1CC3. The summed E-state index contributed by atoms with van der Waals surface area (Å²) in [6.07, 6.45) is 11.0. The molecule has 5 saturated carbocycles. The monoisotopic (exact) mass is 364 g/mol. The molecule has 2 bridgehead atoms. The predicted molar refractivity (Wildman–Crippen MR) is 100 cm³/mol. The molecule has 7 atom stereocenters. The third-order valence-corrected chi connectivity index (χ3v) is 9.52. The molecule has 0 N–H and O–H groups in total. The van der Waals surface area contributed by atoms with E-state index >= 15 is 0 Å². The summed E-state index contributed by atoms with van der Waals surface area (Å²) in [5, 5.41) is 0. The molecular formula is C21H32O3S. The Morgan fingerprint density at radius 1 is 1.16 bits per heavy atom. The van der Waals surface area contributed by atoms with Crippen LogP contribution in [0.25, 0.3) is 0 Å². The van der Waals surface area contributed by atoms with Gasteiger partial charge in [-0.25, -0.2) is 0 Å². The largest absolute Gasteiger partial charge is 0.461 e. The van der Waals surface area contributed by atoms with Crippen LogP contribution in [0, 0.1) is 34.5 Å². The van der Waals surface area contributed by atoms with E-state index in [1.807, 2.05) is 11.8 Å². The van der Waals surface area contributed by atoms with Gasteiger partial charge in [0.1, 0.15) is 11.4 Å². The van der Waals surface area contributed by atoms with E-state index in [1.54, 1.807) is 0 Å². The van der Waals surface area contributed by atoms with Crippen molar-refractivity contribution in [3.05, 3.63) is 0 Å². The van der Waals surface area contributed by atoms with Gasteiger partial charge in [-0.15, -0.1) is 0 Å². The molecule has 5 rings (SSSR count). The Morgan fingerprint density at radius 3 is 2.64 bits per heavy atom. The van der Waals surface area contributed by atoms with E-state index in [0.717, 1.165) is 37.9 Å². The number of carbonyl (C=O) groups is 2. The molecule has 1 spiro atoms. The number of thioether (sulfide) groups is 1.